The van der Waals surface area contributed by atoms with Crippen molar-refractivity contribution in [3.05, 3.63) is 46.0 Å². The van der Waals surface area contributed by atoms with Crippen LogP contribution in [-0.2, 0) is 4.74 Å². The van der Waals surface area contributed by atoms with Crippen molar-refractivity contribution in [1.82, 2.24) is 9.80 Å². The molecule has 134 valence electrons. The SMILES string of the molecule is CC1(C)CC(CN2CCN(C(=O)c3ccccc3)C2=N[N+](=O)[O-])CO1. The van der Waals surface area contributed by atoms with Crippen LogP contribution in [0.4, 0.5) is 0 Å². The average molecular weight is 346 g/mol. The summed E-state index contributed by atoms with van der Waals surface area (Å²) in [5, 5.41) is 13.7. The Bertz CT molecular complexity index is 689. The van der Waals surface area contributed by atoms with Crippen LogP contribution in [0, 0.1) is 16.0 Å². The third-order valence-electron chi connectivity index (χ3n) is 4.52. The second-order valence-corrected chi connectivity index (χ2v) is 7.05. The molecule has 1 atom stereocenters. The summed E-state index contributed by atoms with van der Waals surface area (Å²) >= 11 is 0. The Hall–Kier alpha value is -2.48. The van der Waals surface area contributed by atoms with Crippen LogP contribution in [-0.4, -0.2) is 58.5 Å². The topological polar surface area (TPSA) is 88.3 Å². The third-order valence-corrected chi connectivity index (χ3v) is 4.52. The summed E-state index contributed by atoms with van der Waals surface area (Å²) in [7, 11) is 0. The molecule has 1 aromatic rings. The van der Waals surface area contributed by atoms with Crippen molar-refractivity contribution in [3.63, 3.8) is 0 Å². The smallest absolute Gasteiger partial charge is 0.281 e. The maximum absolute atomic E-state index is 12.7. The van der Waals surface area contributed by atoms with Crippen LogP contribution in [0.2, 0.25) is 0 Å². The number of nitrogens with zero attached hydrogens (tertiary/aromatic N) is 4. The first-order valence-electron chi connectivity index (χ1n) is 8.34. The van der Waals surface area contributed by atoms with Crippen molar-refractivity contribution in [2.75, 3.05) is 26.2 Å². The molecule has 2 fully saturated rings. The molecule has 2 aliphatic rings. The minimum absolute atomic E-state index is 0.114. The van der Waals surface area contributed by atoms with E-state index in [2.05, 4.69) is 5.10 Å². The fraction of sp³-hybridized carbons (Fsp3) is 0.529. The van der Waals surface area contributed by atoms with Crippen LogP contribution in [0.5, 0.6) is 0 Å². The highest BCUT2D eigenvalue weighted by atomic mass is 16.7. The van der Waals surface area contributed by atoms with Crippen molar-refractivity contribution in [3.8, 4) is 0 Å². The number of guanidine groups is 1. The Labute approximate surface area is 146 Å². The van der Waals surface area contributed by atoms with E-state index in [4.69, 9.17) is 4.74 Å². The highest BCUT2D eigenvalue weighted by Gasteiger charge is 2.39. The van der Waals surface area contributed by atoms with E-state index in [1.807, 2.05) is 24.8 Å². The van der Waals surface area contributed by atoms with Crippen LogP contribution in [0.15, 0.2) is 35.4 Å². The Kier molecular flexibility index (Phi) is 4.71. The quantitative estimate of drug-likeness (QED) is 0.613. The van der Waals surface area contributed by atoms with E-state index in [1.54, 1.807) is 24.3 Å². The lowest BCUT2D eigenvalue weighted by Gasteiger charge is -2.22. The number of nitro groups is 1. The van der Waals surface area contributed by atoms with Crippen LogP contribution >= 0.6 is 0 Å². The summed E-state index contributed by atoms with van der Waals surface area (Å²) in [6.45, 7) is 6.19. The number of hydrazone groups is 1. The molecule has 8 nitrogen and oxygen atoms in total. The highest BCUT2D eigenvalue weighted by Crippen LogP contribution is 2.30. The summed E-state index contributed by atoms with van der Waals surface area (Å²) in [4.78, 5) is 26.9. The van der Waals surface area contributed by atoms with E-state index < -0.39 is 5.03 Å². The first-order valence-corrected chi connectivity index (χ1v) is 8.34. The summed E-state index contributed by atoms with van der Waals surface area (Å²) in [6, 6.07) is 8.75. The van der Waals surface area contributed by atoms with Crippen LogP contribution in [0.1, 0.15) is 30.6 Å². The van der Waals surface area contributed by atoms with Gasteiger partial charge in [0.05, 0.1) is 12.2 Å². The van der Waals surface area contributed by atoms with Gasteiger partial charge in [0.25, 0.3) is 11.9 Å². The molecule has 0 N–H and O–H groups in total. The minimum Gasteiger partial charge on any atom is -0.375 e. The average Bonchev–Trinajstić information content (AvgIpc) is 3.11. The number of ether oxygens (including phenoxy) is 1. The molecule has 1 amide bonds. The summed E-state index contributed by atoms with van der Waals surface area (Å²) in [5.41, 5.74) is 0.315. The number of rotatable bonds is 4. The Morgan fingerprint density at radius 2 is 2.08 bits per heavy atom. The molecule has 25 heavy (non-hydrogen) atoms. The van der Waals surface area contributed by atoms with E-state index in [-0.39, 0.29) is 23.4 Å². The van der Waals surface area contributed by atoms with Gasteiger partial charge in [0.2, 0.25) is 0 Å². The highest BCUT2D eigenvalue weighted by molar-refractivity contribution is 6.06. The normalized spacial score (nSPS) is 24.1. The van der Waals surface area contributed by atoms with Gasteiger partial charge in [-0.1, -0.05) is 18.2 Å². The molecule has 2 heterocycles. The van der Waals surface area contributed by atoms with E-state index in [1.165, 1.54) is 4.90 Å². The molecule has 0 spiro atoms. The van der Waals surface area contributed by atoms with E-state index in [0.29, 0.717) is 31.8 Å². The first-order chi connectivity index (χ1) is 11.9. The molecule has 0 bridgehead atoms. The number of carbonyl (C=O) groups is 1. The van der Waals surface area contributed by atoms with Crippen LogP contribution in [0.25, 0.3) is 0 Å². The van der Waals surface area contributed by atoms with Gasteiger partial charge in [-0.3, -0.25) is 9.69 Å². The molecule has 2 saturated heterocycles. The minimum atomic E-state index is -0.742. The lowest BCUT2D eigenvalue weighted by atomic mass is 9.97. The number of amides is 1. The first kappa shape index (κ1) is 17.3. The molecule has 0 saturated carbocycles. The van der Waals surface area contributed by atoms with Gasteiger partial charge in [-0.25, -0.2) is 10.1 Å². The second kappa shape index (κ2) is 6.79. The molecule has 0 aromatic heterocycles. The molecule has 0 radical (unpaired) electrons. The van der Waals surface area contributed by atoms with Crippen molar-refractivity contribution in [2.24, 2.45) is 11.0 Å². The van der Waals surface area contributed by atoms with Gasteiger partial charge in [-0.2, -0.15) is 0 Å². The third kappa shape index (κ3) is 3.96. The van der Waals surface area contributed by atoms with Gasteiger partial charge >= 0.3 is 0 Å². The molecule has 1 unspecified atom stereocenters. The number of carbonyl (C=O) groups excluding carboxylic acids is 1. The maximum atomic E-state index is 12.7. The van der Waals surface area contributed by atoms with Gasteiger partial charge in [-0.15, -0.1) is 0 Å². The Morgan fingerprint density at radius 1 is 1.36 bits per heavy atom. The molecule has 2 aliphatic heterocycles. The van der Waals surface area contributed by atoms with Crippen molar-refractivity contribution in [1.29, 1.82) is 0 Å². The maximum Gasteiger partial charge on any atom is 0.281 e. The van der Waals surface area contributed by atoms with Gasteiger partial charge in [0, 0.05) is 31.1 Å². The van der Waals surface area contributed by atoms with Gasteiger partial charge in [0.1, 0.15) is 5.10 Å². The van der Waals surface area contributed by atoms with Crippen molar-refractivity contribution >= 4 is 11.9 Å². The summed E-state index contributed by atoms with van der Waals surface area (Å²) < 4.78 is 5.74. The van der Waals surface area contributed by atoms with E-state index in [9.17, 15) is 14.9 Å². The lowest BCUT2D eigenvalue weighted by Crippen LogP contribution is -2.40. The number of benzene rings is 1. The summed E-state index contributed by atoms with van der Waals surface area (Å²) in [5.74, 6) is 0.106. The standard InChI is InChI=1S/C17H22N4O4/c1-17(2)10-13(12-25-17)11-19-8-9-20(16(19)18-21(23)24)15(22)14-6-4-3-5-7-14/h3-7,13H,8-12H2,1-2H3. The van der Waals surface area contributed by atoms with Gasteiger partial charge in [0.15, 0.2) is 5.03 Å². The fourth-order valence-electron chi connectivity index (χ4n) is 3.47. The Balaban J connectivity index is 1.77. The van der Waals surface area contributed by atoms with Crippen molar-refractivity contribution < 1.29 is 14.6 Å². The number of hydrogen-bond acceptors (Lipinski definition) is 4. The Morgan fingerprint density at radius 3 is 2.68 bits per heavy atom. The monoisotopic (exact) mass is 346 g/mol. The molecular formula is C17H22N4O4. The zero-order valence-electron chi connectivity index (χ0n) is 14.4. The predicted molar refractivity (Wildman–Crippen MR) is 91.6 cm³/mol. The van der Waals surface area contributed by atoms with Crippen LogP contribution in [0.3, 0.4) is 0 Å². The largest absolute Gasteiger partial charge is 0.375 e. The molecule has 1 aromatic carbocycles. The van der Waals surface area contributed by atoms with Gasteiger partial charge < -0.3 is 9.64 Å². The van der Waals surface area contributed by atoms with Crippen LogP contribution < -0.4 is 0 Å². The molecule has 0 aliphatic carbocycles. The molecular weight excluding hydrogens is 324 g/mol. The van der Waals surface area contributed by atoms with Gasteiger partial charge in [-0.05, 0) is 32.4 Å². The molecule has 8 heteroatoms. The fourth-order valence-corrected chi connectivity index (χ4v) is 3.47. The lowest BCUT2D eigenvalue weighted by molar-refractivity contribution is -0.486. The van der Waals surface area contributed by atoms with Crippen molar-refractivity contribution in [2.45, 2.75) is 25.9 Å². The molecule has 3 rings (SSSR count). The zero-order chi connectivity index (χ0) is 18.0. The predicted octanol–water partition coefficient (Wildman–Crippen LogP) is 1.81. The zero-order valence-corrected chi connectivity index (χ0v) is 14.4. The second-order valence-electron chi connectivity index (χ2n) is 7.05. The number of hydrogen-bond donors (Lipinski definition) is 0. The van der Waals surface area contributed by atoms with E-state index in [0.717, 1.165) is 6.42 Å². The summed E-state index contributed by atoms with van der Waals surface area (Å²) in [6.07, 6.45) is 0.877. The van der Waals surface area contributed by atoms with E-state index >= 15 is 0 Å².